The third kappa shape index (κ3) is 4.33. The Morgan fingerprint density at radius 3 is 2.84 bits per heavy atom. The van der Waals surface area contributed by atoms with Gasteiger partial charge >= 0.3 is 0 Å². The number of rotatable bonds is 6. The van der Waals surface area contributed by atoms with Crippen LogP contribution in [0.25, 0.3) is 0 Å². The Labute approximate surface area is 114 Å². The molecule has 0 saturated carbocycles. The number of ether oxygens (including phenoxy) is 1. The van der Waals surface area contributed by atoms with Gasteiger partial charge in [-0.2, -0.15) is 0 Å². The van der Waals surface area contributed by atoms with Gasteiger partial charge < -0.3 is 15.4 Å². The fourth-order valence-electron chi connectivity index (χ4n) is 2.47. The summed E-state index contributed by atoms with van der Waals surface area (Å²) in [5.74, 6) is 0.579. The number of carbonyl (C=O) groups is 1. The quantitative estimate of drug-likeness (QED) is 0.816. The van der Waals surface area contributed by atoms with E-state index < -0.39 is 0 Å². The second-order valence-corrected chi connectivity index (χ2v) is 5.03. The highest BCUT2D eigenvalue weighted by molar-refractivity contribution is 5.78. The van der Waals surface area contributed by atoms with Crippen LogP contribution in [0, 0.1) is 5.92 Å². The highest BCUT2D eigenvalue weighted by Crippen LogP contribution is 2.26. The van der Waals surface area contributed by atoms with Crippen LogP contribution in [0.2, 0.25) is 0 Å². The largest absolute Gasteiger partial charge is 0.381 e. The van der Waals surface area contributed by atoms with Gasteiger partial charge in [-0.25, -0.2) is 0 Å². The van der Waals surface area contributed by atoms with E-state index in [9.17, 15) is 4.79 Å². The molecular formula is C15H22N2O2. The number of carbonyl (C=O) groups excluding carboxylic acids is 1. The molecule has 2 unspecified atom stereocenters. The Kier molecular flexibility index (Phi) is 5.36. The van der Waals surface area contributed by atoms with Crippen LogP contribution >= 0.6 is 0 Å². The smallest absolute Gasteiger partial charge is 0.234 e. The molecule has 1 fully saturated rings. The van der Waals surface area contributed by atoms with Gasteiger partial charge in [-0.15, -0.1) is 0 Å². The van der Waals surface area contributed by atoms with Gasteiger partial charge in [-0.3, -0.25) is 4.79 Å². The van der Waals surface area contributed by atoms with Gasteiger partial charge in [0.2, 0.25) is 5.91 Å². The van der Waals surface area contributed by atoms with E-state index in [1.165, 1.54) is 5.56 Å². The Hall–Kier alpha value is -1.39. The van der Waals surface area contributed by atoms with Gasteiger partial charge in [0.1, 0.15) is 0 Å². The summed E-state index contributed by atoms with van der Waals surface area (Å²) in [7, 11) is 1.78. The molecule has 0 spiro atoms. The minimum Gasteiger partial charge on any atom is -0.381 e. The molecule has 1 aromatic carbocycles. The van der Waals surface area contributed by atoms with E-state index >= 15 is 0 Å². The molecule has 4 heteroatoms. The number of hydrogen-bond acceptors (Lipinski definition) is 3. The van der Waals surface area contributed by atoms with Crippen molar-refractivity contribution in [2.45, 2.75) is 18.9 Å². The number of amides is 1. The van der Waals surface area contributed by atoms with Crippen LogP contribution in [-0.2, 0) is 9.53 Å². The SMILES string of the molecule is CNCC(=O)NC(CC1CCOC1)c1ccccc1. The number of benzene rings is 1. The van der Waals surface area contributed by atoms with Crippen molar-refractivity contribution >= 4 is 5.91 Å². The molecule has 1 aromatic rings. The molecule has 1 aliphatic rings. The van der Waals surface area contributed by atoms with Crippen molar-refractivity contribution < 1.29 is 9.53 Å². The summed E-state index contributed by atoms with van der Waals surface area (Å²) in [6, 6.07) is 10.2. The van der Waals surface area contributed by atoms with Gasteiger partial charge in [-0.1, -0.05) is 30.3 Å². The average Bonchev–Trinajstić information content (AvgIpc) is 2.92. The second kappa shape index (κ2) is 7.26. The summed E-state index contributed by atoms with van der Waals surface area (Å²) in [5.41, 5.74) is 1.17. The molecule has 0 aromatic heterocycles. The summed E-state index contributed by atoms with van der Waals surface area (Å²) in [4.78, 5) is 11.8. The number of likely N-dealkylation sites (N-methyl/N-ethyl adjacent to an activating group) is 1. The summed E-state index contributed by atoms with van der Waals surface area (Å²) >= 11 is 0. The predicted molar refractivity (Wildman–Crippen MR) is 74.8 cm³/mol. The van der Waals surface area contributed by atoms with Crippen molar-refractivity contribution in [1.82, 2.24) is 10.6 Å². The zero-order valence-corrected chi connectivity index (χ0v) is 11.4. The molecule has 1 heterocycles. The Balaban J connectivity index is 2.01. The topological polar surface area (TPSA) is 50.4 Å². The standard InChI is InChI=1S/C15H22N2O2/c1-16-10-15(18)17-14(9-12-7-8-19-11-12)13-5-3-2-4-6-13/h2-6,12,14,16H,7-11H2,1H3,(H,17,18). The Morgan fingerprint density at radius 2 is 2.21 bits per heavy atom. The lowest BCUT2D eigenvalue weighted by Crippen LogP contribution is -2.36. The predicted octanol–water partition coefficient (Wildman–Crippen LogP) is 1.49. The molecule has 2 atom stereocenters. The molecule has 1 aliphatic heterocycles. The van der Waals surface area contributed by atoms with Crippen LogP contribution in [0.1, 0.15) is 24.4 Å². The first-order valence-electron chi connectivity index (χ1n) is 6.86. The van der Waals surface area contributed by atoms with Crippen molar-refractivity contribution in [3.8, 4) is 0 Å². The van der Waals surface area contributed by atoms with E-state index in [0.29, 0.717) is 12.5 Å². The number of hydrogen-bond donors (Lipinski definition) is 2. The third-order valence-corrected chi connectivity index (χ3v) is 3.47. The lowest BCUT2D eigenvalue weighted by atomic mass is 9.94. The minimum absolute atomic E-state index is 0.0373. The third-order valence-electron chi connectivity index (χ3n) is 3.47. The van der Waals surface area contributed by atoms with Gasteiger partial charge in [-0.05, 0) is 31.4 Å². The van der Waals surface area contributed by atoms with Crippen molar-refractivity contribution in [2.24, 2.45) is 5.92 Å². The van der Waals surface area contributed by atoms with Crippen LogP contribution in [0.15, 0.2) is 30.3 Å². The van der Waals surface area contributed by atoms with Gasteiger partial charge in [0.05, 0.1) is 12.6 Å². The molecule has 4 nitrogen and oxygen atoms in total. The summed E-state index contributed by atoms with van der Waals surface area (Å²) < 4.78 is 5.42. The molecule has 0 bridgehead atoms. The van der Waals surface area contributed by atoms with E-state index in [0.717, 1.165) is 26.1 Å². The van der Waals surface area contributed by atoms with Gasteiger partial charge in [0, 0.05) is 13.2 Å². The zero-order valence-electron chi connectivity index (χ0n) is 11.4. The molecule has 1 amide bonds. The summed E-state index contributed by atoms with van der Waals surface area (Å²) in [6.45, 7) is 2.01. The zero-order chi connectivity index (χ0) is 13.5. The highest BCUT2D eigenvalue weighted by Gasteiger charge is 2.22. The van der Waals surface area contributed by atoms with E-state index in [4.69, 9.17) is 4.74 Å². The summed E-state index contributed by atoms with van der Waals surface area (Å²) in [5, 5.41) is 5.99. The van der Waals surface area contributed by atoms with E-state index in [2.05, 4.69) is 22.8 Å². The Bertz CT molecular complexity index is 388. The van der Waals surface area contributed by atoms with Gasteiger partial charge in [0.15, 0.2) is 0 Å². The molecule has 0 aliphatic carbocycles. The van der Waals surface area contributed by atoms with Crippen molar-refractivity contribution in [3.63, 3.8) is 0 Å². The highest BCUT2D eigenvalue weighted by atomic mass is 16.5. The van der Waals surface area contributed by atoms with E-state index in [-0.39, 0.29) is 11.9 Å². The van der Waals surface area contributed by atoms with E-state index in [1.807, 2.05) is 18.2 Å². The Morgan fingerprint density at radius 1 is 1.42 bits per heavy atom. The van der Waals surface area contributed by atoms with Crippen LogP contribution in [0.3, 0.4) is 0 Å². The van der Waals surface area contributed by atoms with Crippen molar-refractivity contribution in [1.29, 1.82) is 0 Å². The lowest BCUT2D eigenvalue weighted by Gasteiger charge is -2.22. The maximum Gasteiger partial charge on any atom is 0.234 e. The minimum atomic E-state index is 0.0373. The lowest BCUT2D eigenvalue weighted by molar-refractivity contribution is -0.121. The van der Waals surface area contributed by atoms with Crippen LogP contribution in [0.4, 0.5) is 0 Å². The maximum absolute atomic E-state index is 11.8. The van der Waals surface area contributed by atoms with Crippen LogP contribution < -0.4 is 10.6 Å². The van der Waals surface area contributed by atoms with Gasteiger partial charge in [0.25, 0.3) is 0 Å². The molecule has 0 radical (unpaired) electrons. The molecule has 1 saturated heterocycles. The van der Waals surface area contributed by atoms with Crippen molar-refractivity contribution in [3.05, 3.63) is 35.9 Å². The second-order valence-electron chi connectivity index (χ2n) is 5.03. The fourth-order valence-corrected chi connectivity index (χ4v) is 2.47. The molecule has 2 rings (SSSR count). The normalized spacial score (nSPS) is 20.2. The fraction of sp³-hybridized carbons (Fsp3) is 0.533. The van der Waals surface area contributed by atoms with Crippen LogP contribution in [-0.4, -0.2) is 32.7 Å². The van der Waals surface area contributed by atoms with E-state index in [1.54, 1.807) is 7.05 Å². The van der Waals surface area contributed by atoms with Crippen LogP contribution in [0.5, 0.6) is 0 Å². The molecule has 2 N–H and O–H groups in total. The molecule has 19 heavy (non-hydrogen) atoms. The molecule has 104 valence electrons. The number of nitrogens with one attached hydrogen (secondary N) is 2. The monoisotopic (exact) mass is 262 g/mol. The summed E-state index contributed by atoms with van der Waals surface area (Å²) in [6.07, 6.45) is 2.03. The first-order chi connectivity index (χ1) is 9.29. The van der Waals surface area contributed by atoms with Crippen molar-refractivity contribution in [2.75, 3.05) is 26.8 Å². The average molecular weight is 262 g/mol. The molecular weight excluding hydrogens is 240 g/mol. The first-order valence-corrected chi connectivity index (χ1v) is 6.86. The maximum atomic E-state index is 11.8. The first kappa shape index (κ1) is 14.0.